The van der Waals surface area contributed by atoms with Crippen LogP contribution in [0.4, 0.5) is 5.69 Å². The maximum absolute atomic E-state index is 12.7. The van der Waals surface area contributed by atoms with E-state index in [1.807, 2.05) is 43.3 Å². The fourth-order valence-electron chi connectivity index (χ4n) is 2.97. The molecule has 0 aliphatic carbocycles. The van der Waals surface area contributed by atoms with Crippen molar-refractivity contribution in [2.24, 2.45) is 0 Å². The van der Waals surface area contributed by atoms with Crippen molar-refractivity contribution < 1.29 is 19.1 Å². The molecular formula is C23H23N5O4. The number of amides is 1. The van der Waals surface area contributed by atoms with E-state index < -0.39 is 18.5 Å². The first-order valence-electron chi connectivity index (χ1n) is 10.1. The van der Waals surface area contributed by atoms with E-state index in [9.17, 15) is 9.59 Å². The maximum atomic E-state index is 12.7. The van der Waals surface area contributed by atoms with Crippen molar-refractivity contribution in [1.29, 1.82) is 5.26 Å². The number of hydrogen-bond donors (Lipinski definition) is 0. The lowest BCUT2D eigenvalue weighted by Crippen LogP contribution is -2.35. The van der Waals surface area contributed by atoms with E-state index in [1.54, 1.807) is 24.3 Å². The van der Waals surface area contributed by atoms with Crippen molar-refractivity contribution >= 4 is 17.6 Å². The number of ether oxygens (including phenoxy) is 2. The lowest BCUT2D eigenvalue weighted by Gasteiger charge is -2.21. The molecule has 9 nitrogen and oxygen atoms in total. The summed E-state index contributed by atoms with van der Waals surface area (Å²) in [5.74, 6) is -0.520. The minimum absolute atomic E-state index is 0.0124. The molecule has 32 heavy (non-hydrogen) atoms. The van der Waals surface area contributed by atoms with Gasteiger partial charge in [0, 0.05) is 12.2 Å². The molecule has 1 amide bonds. The molecule has 0 unspecified atom stereocenters. The zero-order valence-electron chi connectivity index (χ0n) is 17.7. The fraction of sp³-hybridized carbons (Fsp3) is 0.261. The van der Waals surface area contributed by atoms with Gasteiger partial charge in [0.15, 0.2) is 12.3 Å². The van der Waals surface area contributed by atoms with Gasteiger partial charge in [-0.25, -0.2) is 9.48 Å². The number of carbonyl (C=O) groups excluding carboxylic acids is 2. The molecule has 0 aliphatic rings. The molecule has 0 radical (unpaired) electrons. The van der Waals surface area contributed by atoms with Gasteiger partial charge < -0.3 is 14.4 Å². The molecule has 0 saturated carbocycles. The molecule has 0 aliphatic heterocycles. The molecular weight excluding hydrogens is 410 g/mol. The normalized spacial score (nSPS) is 10.2. The molecule has 3 aromatic rings. The average molecular weight is 433 g/mol. The first kappa shape index (κ1) is 22.5. The van der Waals surface area contributed by atoms with Crippen molar-refractivity contribution in [3.8, 4) is 11.8 Å². The third kappa shape index (κ3) is 6.15. The van der Waals surface area contributed by atoms with Crippen LogP contribution >= 0.6 is 0 Å². The minimum atomic E-state index is -0.746. The standard InChI is InChI=1S/C23H23N5O4/c1-2-31-20-11-9-19(10-12-20)28(14-6-13-24)22(29)17-32-23(30)21-16-27(26-25-21)15-18-7-4-3-5-8-18/h3-5,7-12,16H,2,6,14-15,17H2,1H3. The second kappa shape index (κ2) is 11.3. The Morgan fingerprint density at radius 2 is 1.88 bits per heavy atom. The van der Waals surface area contributed by atoms with Crippen LogP contribution in [0.3, 0.4) is 0 Å². The molecule has 0 saturated heterocycles. The van der Waals surface area contributed by atoms with Crippen LogP contribution in [-0.4, -0.2) is 46.6 Å². The molecule has 1 heterocycles. The zero-order chi connectivity index (χ0) is 22.8. The number of anilines is 1. The highest BCUT2D eigenvalue weighted by Gasteiger charge is 2.20. The largest absolute Gasteiger partial charge is 0.494 e. The number of aromatic nitrogens is 3. The minimum Gasteiger partial charge on any atom is -0.494 e. The lowest BCUT2D eigenvalue weighted by atomic mass is 10.2. The van der Waals surface area contributed by atoms with Gasteiger partial charge >= 0.3 is 5.97 Å². The monoisotopic (exact) mass is 433 g/mol. The van der Waals surface area contributed by atoms with Crippen molar-refractivity contribution in [1.82, 2.24) is 15.0 Å². The summed E-state index contributed by atoms with van der Waals surface area (Å²) in [5.41, 5.74) is 1.60. The third-order valence-corrected chi connectivity index (χ3v) is 4.47. The molecule has 2 aromatic carbocycles. The molecule has 1 aromatic heterocycles. The second-order valence-electron chi connectivity index (χ2n) is 6.74. The lowest BCUT2D eigenvalue weighted by molar-refractivity contribution is -0.121. The van der Waals surface area contributed by atoms with Gasteiger partial charge in [-0.3, -0.25) is 4.79 Å². The van der Waals surface area contributed by atoms with E-state index in [2.05, 4.69) is 10.3 Å². The number of nitrogens with zero attached hydrogens (tertiary/aromatic N) is 5. The smallest absolute Gasteiger partial charge is 0.361 e. The Hall–Kier alpha value is -4.19. The first-order chi connectivity index (χ1) is 15.6. The molecule has 9 heteroatoms. The molecule has 164 valence electrons. The van der Waals surface area contributed by atoms with E-state index in [0.717, 1.165) is 5.56 Å². The van der Waals surface area contributed by atoms with Gasteiger partial charge in [0.05, 0.1) is 31.8 Å². The van der Waals surface area contributed by atoms with Crippen molar-refractivity contribution in [3.05, 3.63) is 72.1 Å². The summed E-state index contributed by atoms with van der Waals surface area (Å²) in [4.78, 5) is 26.4. The van der Waals surface area contributed by atoms with Crippen LogP contribution in [0.1, 0.15) is 29.4 Å². The predicted molar refractivity (Wildman–Crippen MR) is 116 cm³/mol. The van der Waals surface area contributed by atoms with Crippen LogP contribution in [0.25, 0.3) is 0 Å². The summed E-state index contributed by atoms with van der Waals surface area (Å²) in [6.07, 6.45) is 1.61. The van der Waals surface area contributed by atoms with Gasteiger partial charge in [-0.1, -0.05) is 35.5 Å². The Bertz CT molecular complexity index is 1070. The van der Waals surface area contributed by atoms with Crippen LogP contribution in [0, 0.1) is 11.3 Å². The van der Waals surface area contributed by atoms with E-state index in [4.69, 9.17) is 14.7 Å². The number of hydrogen-bond acceptors (Lipinski definition) is 7. The van der Waals surface area contributed by atoms with Crippen molar-refractivity contribution in [2.75, 3.05) is 24.7 Å². The molecule has 0 atom stereocenters. The Morgan fingerprint density at radius 1 is 1.12 bits per heavy atom. The Labute approximate surface area is 185 Å². The van der Waals surface area contributed by atoms with E-state index in [0.29, 0.717) is 24.6 Å². The summed E-state index contributed by atoms with van der Waals surface area (Å²) in [7, 11) is 0. The predicted octanol–water partition coefficient (Wildman–Crippen LogP) is 2.83. The Balaban J connectivity index is 1.60. The van der Waals surface area contributed by atoms with Gasteiger partial charge in [-0.05, 0) is 36.8 Å². The quantitative estimate of drug-likeness (QED) is 0.452. The van der Waals surface area contributed by atoms with Crippen molar-refractivity contribution in [3.63, 3.8) is 0 Å². The Morgan fingerprint density at radius 3 is 2.56 bits per heavy atom. The first-order valence-corrected chi connectivity index (χ1v) is 10.1. The number of esters is 1. The van der Waals surface area contributed by atoms with E-state index in [1.165, 1.54) is 15.8 Å². The highest BCUT2D eigenvalue weighted by molar-refractivity contribution is 5.96. The third-order valence-electron chi connectivity index (χ3n) is 4.47. The van der Waals surface area contributed by atoms with Gasteiger partial charge in [0.1, 0.15) is 5.75 Å². The molecule has 0 N–H and O–H groups in total. The van der Waals surface area contributed by atoms with Crippen LogP contribution in [-0.2, 0) is 16.1 Å². The van der Waals surface area contributed by atoms with Crippen LogP contribution < -0.4 is 9.64 Å². The number of benzene rings is 2. The topological polar surface area (TPSA) is 110 Å². The summed E-state index contributed by atoms with van der Waals surface area (Å²) < 4.78 is 12.1. The van der Waals surface area contributed by atoms with Crippen LogP contribution in [0.15, 0.2) is 60.8 Å². The summed E-state index contributed by atoms with van der Waals surface area (Å²) in [6.45, 7) is 2.56. The van der Waals surface area contributed by atoms with Crippen LogP contribution in [0.2, 0.25) is 0 Å². The Kier molecular flexibility index (Phi) is 7.92. The van der Waals surface area contributed by atoms with E-state index in [-0.39, 0.29) is 18.7 Å². The number of carbonyl (C=O) groups is 2. The fourth-order valence-corrected chi connectivity index (χ4v) is 2.97. The molecule has 0 bridgehead atoms. The highest BCUT2D eigenvalue weighted by atomic mass is 16.5. The van der Waals surface area contributed by atoms with Gasteiger partial charge in [0.2, 0.25) is 0 Å². The van der Waals surface area contributed by atoms with Gasteiger partial charge in [-0.2, -0.15) is 5.26 Å². The molecule has 3 rings (SSSR count). The average Bonchev–Trinajstić information content (AvgIpc) is 3.28. The van der Waals surface area contributed by atoms with Gasteiger partial charge in [-0.15, -0.1) is 5.10 Å². The maximum Gasteiger partial charge on any atom is 0.361 e. The number of rotatable bonds is 10. The SMILES string of the molecule is CCOc1ccc(N(CCC#N)C(=O)COC(=O)c2cn(Cc3ccccc3)nn2)cc1. The number of nitriles is 1. The summed E-state index contributed by atoms with van der Waals surface area (Å²) in [6, 6.07) is 18.6. The molecule has 0 spiro atoms. The zero-order valence-corrected chi connectivity index (χ0v) is 17.7. The highest BCUT2D eigenvalue weighted by Crippen LogP contribution is 2.20. The second-order valence-corrected chi connectivity index (χ2v) is 6.74. The van der Waals surface area contributed by atoms with Crippen molar-refractivity contribution in [2.45, 2.75) is 19.9 Å². The van der Waals surface area contributed by atoms with Gasteiger partial charge in [0.25, 0.3) is 5.91 Å². The molecule has 0 fully saturated rings. The van der Waals surface area contributed by atoms with E-state index >= 15 is 0 Å². The summed E-state index contributed by atoms with van der Waals surface area (Å²) in [5, 5.41) is 16.7. The summed E-state index contributed by atoms with van der Waals surface area (Å²) >= 11 is 0. The van der Waals surface area contributed by atoms with Crippen LogP contribution in [0.5, 0.6) is 5.75 Å².